The number of carbonyl (C=O) groups is 1. The number of amides is 1. The Balaban J connectivity index is 2.72. The van der Waals surface area contributed by atoms with E-state index in [1.165, 1.54) is 18.2 Å². The van der Waals surface area contributed by atoms with Crippen LogP contribution in [0.3, 0.4) is 0 Å². The predicted octanol–water partition coefficient (Wildman–Crippen LogP) is 1.97. The van der Waals surface area contributed by atoms with Crippen LogP contribution in [0.15, 0.2) is 30.9 Å². The number of ether oxygens (including phenoxy) is 1. The lowest BCUT2D eigenvalue weighted by atomic mass is 10.2. The van der Waals surface area contributed by atoms with E-state index in [-0.39, 0.29) is 11.6 Å². The van der Waals surface area contributed by atoms with Gasteiger partial charge in [0.25, 0.3) is 11.6 Å². The molecule has 0 saturated heterocycles. The number of nitrogens with one attached hydrogen (secondary N) is 1. The molecule has 0 heterocycles. The van der Waals surface area contributed by atoms with Crippen molar-refractivity contribution in [1.29, 1.82) is 0 Å². The molecule has 0 aliphatic rings. The second-order valence-corrected chi connectivity index (χ2v) is 4.00. The summed E-state index contributed by atoms with van der Waals surface area (Å²) >= 11 is 0. The molecular formula is C13H16N2O4. The van der Waals surface area contributed by atoms with Crippen LogP contribution in [0.25, 0.3) is 0 Å². The third-order valence-electron chi connectivity index (χ3n) is 2.47. The number of hydrogen-bond acceptors (Lipinski definition) is 4. The summed E-state index contributed by atoms with van der Waals surface area (Å²) in [6, 6.07) is 4.37. The minimum absolute atomic E-state index is 0.0242. The first kappa shape index (κ1) is 14.7. The Labute approximate surface area is 111 Å². The van der Waals surface area contributed by atoms with Gasteiger partial charge in [-0.3, -0.25) is 14.9 Å². The molecule has 0 bridgehead atoms. The topological polar surface area (TPSA) is 81.5 Å². The van der Waals surface area contributed by atoms with Gasteiger partial charge in [0.15, 0.2) is 6.10 Å². The van der Waals surface area contributed by atoms with Crippen LogP contribution < -0.4 is 10.1 Å². The molecule has 0 aromatic heterocycles. The molecule has 6 heteroatoms. The van der Waals surface area contributed by atoms with Gasteiger partial charge >= 0.3 is 0 Å². The number of benzene rings is 1. The number of nitrogens with zero attached hydrogens (tertiary/aromatic N) is 1. The molecular weight excluding hydrogens is 248 g/mol. The molecule has 0 radical (unpaired) electrons. The minimum Gasteiger partial charge on any atom is -0.481 e. The normalized spacial score (nSPS) is 11.5. The summed E-state index contributed by atoms with van der Waals surface area (Å²) in [5.41, 5.74) is 0.511. The average Bonchev–Trinajstić information content (AvgIpc) is 2.35. The number of carbonyl (C=O) groups excluding carboxylic acids is 1. The van der Waals surface area contributed by atoms with Gasteiger partial charge in [-0.25, -0.2) is 0 Å². The fraction of sp³-hybridized carbons (Fsp3) is 0.308. The molecule has 0 spiro atoms. The van der Waals surface area contributed by atoms with E-state index in [0.29, 0.717) is 17.9 Å². The van der Waals surface area contributed by atoms with Gasteiger partial charge < -0.3 is 10.1 Å². The second-order valence-electron chi connectivity index (χ2n) is 4.00. The van der Waals surface area contributed by atoms with Crippen molar-refractivity contribution in [3.05, 3.63) is 46.5 Å². The molecule has 1 aromatic rings. The van der Waals surface area contributed by atoms with Crippen molar-refractivity contribution in [2.45, 2.75) is 20.0 Å². The Morgan fingerprint density at radius 2 is 2.32 bits per heavy atom. The first-order chi connectivity index (χ1) is 8.95. The van der Waals surface area contributed by atoms with Crippen molar-refractivity contribution < 1.29 is 14.5 Å². The zero-order valence-electron chi connectivity index (χ0n) is 10.9. The summed E-state index contributed by atoms with van der Waals surface area (Å²) in [6.45, 7) is 7.09. The van der Waals surface area contributed by atoms with E-state index in [2.05, 4.69) is 11.9 Å². The van der Waals surface area contributed by atoms with Gasteiger partial charge in [0.1, 0.15) is 5.75 Å². The summed E-state index contributed by atoms with van der Waals surface area (Å²) < 4.78 is 5.42. The molecule has 19 heavy (non-hydrogen) atoms. The van der Waals surface area contributed by atoms with Crippen molar-refractivity contribution in [2.24, 2.45) is 0 Å². The number of nitro benzene ring substituents is 1. The summed E-state index contributed by atoms with van der Waals surface area (Å²) in [7, 11) is 0. The second kappa shape index (κ2) is 6.53. The molecule has 1 rings (SSSR count). The maximum Gasteiger partial charge on any atom is 0.272 e. The molecule has 102 valence electrons. The number of rotatable bonds is 6. The van der Waals surface area contributed by atoms with Crippen molar-refractivity contribution in [3.8, 4) is 5.75 Å². The van der Waals surface area contributed by atoms with E-state index in [0.717, 1.165) is 0 Å². The van der Waals surface area contributed by atoms with Crippen LogP contribution in [0.2, 0.25) is 0 Å². The van der Waals surface area contributed by atoms with Gasteiger partial charge in [0, 0.05) is 18.2 Å². The van der Waals surface area contributed by atoms with Gasteiger partial charge in [-0.1, -0.05) is 6.08 Å². The van der Waals surface area contributed by atoms with Crippen LogP contribution in [0.4, 0.5) is 5.69 Å². The van der Waals surface area contributed by atoms with Gasteiger partial charge in [0.2, 0.25) is 0 Å². The van der Waals surface area contributed by atoms with Crippen LogP contribution in [0, 0.1) is 17.0 Å². The quantitative estimate of drug-likeness (QED) is 0.484. The van der Waals surface area contributed by atoms with E-state index < -0.39 is 11.0 Å². The lowest BCUT2D eigenvalue weighted by Crippen LogP contribution is -2.36. The van der Waals surface area contributed by atoms with Crippen molar-refractivity contribution in [3.63, 3.8) is 0 Å². The van der Waals surface area contributed by atoms with E-state index in [1.807, 2.05) is 0 Å². The predicted molar refractivity (Wildman–Crippen MR) is 71.1 cm³/mol. The Morgan fingerprint density at radius 3 is 2.84 bits per heavy atom. The molecule has 0 aliphatic carbocycles. The zero-order chi connectivity index (χ0) is 14.4. The van der Waals surface area contributed by atoms with E-state index in [4.69, 9.17) is 4.74 Å². The van der Waals surface area contributed by atoms with E-state index in [9.17, 15) is 14.9 Å². The van der Waals surface area contributed by atoms with Crippen molar-refractivity contribution >= 4 is 11.6 Å². The Hall–Kier alpha value is -2.37. The SMILES string of the molecule is C=CCNC(=O)[C@H](C)Oc1ccc([N+](=O)[O-])c(C)c1. The highest BCUT2D eigenvalue weighted by atomic mass is 16.6. The van der Waals surface area contributed by atoms with Crippen LogP contribution in [0.5, 0.6) is 5.75 Å². The van der Waals surface area contributed by atoms with Crippen molar-refractivity contribution in [1.82, 2.24) is 5.32 Å². The Bertz CT molecular complexity index is 499. The number of nitro groups is 1. The third kappa shape index (κ3) is 4.09. The average molecular weight is 264 g/mol. The van der Waals surface area contributed by atoms with Gasteiger partial charge in [-0.2, -0.15) is 0 Å². The largest absolute Gasteiger partial charge is 0.481 e. The van der Waals surface area contributed by atoms with Gasteiger partial charge in [0.05, 0.1) is 4.92 Å². The number of aryl methyl sites for hydroxylation is 1. The molecule has 1 atom stereocenters. The highest BCUT2D eigenvalue weighted by molar-refractivity contribution is 5.80. The van der Waals surface area contributed by atoms with Crippen molar-refractivity contribution in [2.75, 3.05) is 6.54 Å². The summed E-state index contributed by atoms with van der Waals surface area (Å²) in [5.74, 6) is 0.153. The number of hydrogen-bond donors (Lipinski definition) is 1. The highest BCUT2D eigenvalue weighted by Gasteiger charge is 2.16. The van der Waals surface area contributed by atoms with Gasteiger partial charge in [-0.05, 0) is 26.0 Å². The molecule has 0 fully saturated rings. The molecule has 0 unspecified atom stereocenters. The molecule has 1 amide bonds. The van der Waals surface area contributed by atoms with Crippen LogP contribution in [-0.2, 0) is 4.79 Å². The van der Waals surface area contributed by atoms with Crippen LogP contribution >= 0.6 is 0 Å². The lowest BCUT2D eigenvalue weighted by Gasteiger charge is -2.14. The highest BCUT2D eigenvalue weighted by Crippen LogP contribution is 2.23. The fourth-order valence-corrected chi connectivity index (χ4v) is 1.48. The monoisotopic (exact) mass is 264 g/mol. The first-order valence-corrected chi connectivity index (χ1v) is 5.76. The first-order valence-electron chi connectivity index (χ1n) is 5.76. The van der Waals surface area contributed by atoms with Crippen LogP contribution in [0.1, 0.15) is 12.5 Å². The maximum atomic E-state index is 11.6. The Morgan fingerprint density at radius 1 is 1.63 bits per heavy atom. The van der Waals surface area contributed by atoms with E-state index >= 15 is 0 Å². The smallest absolute Gasteiger partial charge is 0.272 e. The van der Waals surface area contributed by atoms with E-state index in [1.54, 1.807) is 19.9 Å². The Kier molecular flexibility index (Phi) is 5.05. The summed E-state index contributed by atoms with van der Waals surface area (Å²) in [6.07, 6.45) is 0.890. The fourth-order valence-electron chi connectivity index (χ4n) is 1.48. The van der Waals surface area contributed by atoms with Crippen LogP contribution in [-0.4, -0.2) is 23.5 Å². The zero-order valence-corrected chi connectivity index (χ0v) is 10.9. The molecule has 0 aliphatic heterocycles. The molecule has 1 aromatic carbocycles. The van der Waals surface area contributed by atoms with Gasteiger partial charge in [-0.15, -0.1) is 6.58 Å². The standard InChI is InChI=1S/C13H16N2O4/c1-4-7-14-13(16)10(3)19-11-5-6-12(15(17)18)9(2)8-11/h4-6,8,10H,1,7H2,2-3H3,(H,14,16)/t10-/m0/s1. The molecule has 0 saturated carbocycles. The molecule has 6 nitrogen and oxygen atoms in total. The minimum atomic E-state index is -0.680. The summed E-state index contributed by atoms with van der Waals surface area (Å²) in [4.78, 5) is 21.8. The lowest BCUT2D eigenvalue weighted by molar-refractivity contribution is -0.385. The maximum absolute atomic E-state index is 11.6. The molecule has 1 N–H and O–H groups in total. The summed E-state index contributed by atoms with van der Waals surface area (Å²) in [5, 5.41) is 13.3. The third-order valence-corrected chi connectivity index (χ3v) is 2.47.